The fourth-order valence-electron chi connectivity index (χ4n) is 2.44. The maximum absolute atomic E-state index is 6.04. The topological polar surface area (TPSA) is 13.1 Å². The highest BCUT2D eigenvalue weighted by molar-refractivity contribution is 7.98. The minimum atomic E-state index is 0.415. The monoisotopic (exact) mass is 256 g/mol. The smallest absolute Gasteiger partial charge is 0.136 e. The first kappa shape index (κ1) is 11.7. The molecule has 0 aliphatic rings. The summed E-state index contributed by atoms with van der Waals surface area (Å²) in [6.07, 6.45) is 2.12. The second kappa shape index (κ2) is 4.36. The van der Waals surface area contributed by atoms with Gasteiger partial charge >= 0.3 is 0 Å². The summed E-state index contributed by atoms with van der Waals surface area (Å²) in [7, 11) is 0. The molecule has 2 heteroatoms. The highest BCUT2D eigenvalue weighted by Gasteiger charge is 2.17. The van der Waals surface area contributed by atoms with Gasteiger partial charge in [-0.05, 0) is 23.1 Å². The minimum absolute atomic E-state index is 0.415. The van der Waals surface area contributed by atoms with Crippen LogP contribution in [0, 0.1) is 0 Å². The van der Waals surface area contributed by atoms with Gasteiger partial charge in [0.05, 0.1) is 4.90 Å². The summed E-state index contributed by atoms with van der Waals surface area (Å²) in [5.41, 5.74) is 1.00. The number of hydrogen-bond donors (Lipinski definition) is 0. The molecule has 1 heterocycles. The third-order valence-corrected chi connectivity index (χ3v) is 4.10. The van der Waals surface area contributed by atoms with Crippen LogP contribution in [-0.4, -0.2) is 6.26 Å². The van der Waals surface area contributed by atoms with Crippen LogP contribution >= 0.6 is 11.8 Å². The second-order valence-electron chi connectivity index (χ2n) is 4.81. The number of hydrogen-bond acceptors (Lipinski definition) is 2. The van der Waals surface area contributed by atoms with E-state index in [1.165, 1.54) is 21.1 Å². The average molecular weight is 256 g/mol. The zero-order valence-electron chi connectivity index (χ0n) is 10.9. The van der Waals surface area contributed by atoms with Crippen LogP contribution in [0.4, 0.5) is 0 Å². The molecule has 0 fully saturated rings. The summed E-state index contributed by atoms with van der Waals surface area (Å²) in [4.78, 5) is 1.29. The number of benzene rings is 2. The Morgan fingerprint density at radius 3 is 2.56 bits per heavy atom. The highest BCUT2D eigenvalue weighted by Crippen LogP contribution is 2.40. The molecule has 1 nitrogen and oxygen atoms in total. The molecule has 0 aliphatic heterocycles. The molecule has 0 unspecified atom stereocenters. The molecule has 0 amide bonds. The number of fused-ring (bicyclic) bond motifs is 3. The standard InChI is InChI=1S/C16H16OS/c1-10(2)15-16(18-3)14-12-7-5-4-6-11(12)8-9-13(14)17-15/h4-10H,1-3H3. The van der Waals surface area contributed by atoms with Crippen LogP contribution in [-0.2, 0) is 0 Å². The van der Waals surface area contributed by atoms with Crippen LogP contribution < -0.4 is 0 Å². The summed E-state index contributed by atoms with van der Waals surface area (Å²) in [5, 5.41) is 3.83. The van der Waals surface area contributed by atoms with E-state index in [0.29, 0.717) is 5.92 Å². The Bertz CT molecular complexity index is 710. The molecule has 3 rings (SSSR count). The molecular formula is C16H16OS. The van der Waals surface area contributed by atoms with Crippen molar-refractivity contribution in [1.82, 2.24) is 0 Å². The van der Waals surface area contributed by atoms with E-state index in [9.17, 15) is 0 Å². The van der Waals surface area contributed by atoms with Gasteiger partial charge in [0.15, 0.2) is 0 Å². The molecule has 0 N–H and O–H groups in total. The van der Waals surface area contributed by atoms with Gasteiger partial charge in [-0.25, -0.2) is 0 Å². The third kappa shape index (κ3) is 1.64. The van der Waals surface area contributed by atoms with E-state index in [4.69, 9.17) is 4.42 Å². The van der Waals surface area contributed by atoms with E-state index < -0.39 is 0 Å². The highest BCUT2D eigenvalue weighted by atomic mass is 32.2. The summed E-state index contributed by atoms with van der Waals surface area (Å²) < 4.78 is 6.04. The average Bonchev–Trinajstić information content (AvgIpc) is 2.77. The Balaban J connectivity index is 2.48. The van der Waals surface area contributed by atoms with Gasteiger partial charge in [-0.2, -0.15) is 0 Å². The van der Waals surface area contributed by atoms with Crippen molar-refractivity contribution in [2.24, 2.45) is 0 Å². The minimum Gasteiger partial charge on any atom is -0.460 e. The Morgan fingerprint density at radius 1 is 1.06 bits per heavy atom. The van der Waals surface area contributed by atoms with Gasteiger partial charge in [0.25, 0.3) is 0 Å². The second-order valence-corrected chi connectivity index (χ2v) is 5.63. The van der Waals surface area contributed by atoms with Gasteiger partial charge < -0.3 is 4.42 Å². The van der Waals surface area contributed by atoms with Gasteiger partial charge in [-0.15, -0.1) is 11.8 Å². The van der Waals surface area contributed by atoms with E-state index in [0.717, 1.165) is 11.3 Å². The van der Waals surface area contributed by atoms with Crippen LogP contribution in [0.1, 0.15) is 25.5 Å². The first-order valence-electron chi connectivity index (χ1n) is 6.20. The molecule has 0 atom stereocenters. The summed E-state index contributed by atoms with van der Waals surface area (Å²) in [5.74, 6) is 1.52. The molecule has 18 heavy (non-hydrogen) atoms. The van der Waals surface area contributed by atoms with E-state index in [2.05, 4.69) is 56.5 Å². The van der Waals surface area contributed by atoms with Crippen molar-refractivity contribution in [3.63, 3.8) is 0 Å². The Morgan fingerprint density at radius 2 is 1.83 bits per heavy atom. The Labute approximate surface area is 111 Å². The molecule has 3 aromatic rings. The van der Waals surface area contributed by atoms with Gasteiger partial charge in [0, 0.05) is 11.3 Å². The number of furan rings is 1. The van der Waals surface area contributed by atoms with Gasteiger partial charge in [0.2, 0.25) is 0 Å². The molecule has 2 aromatic carbocycles. The van der Waals surface area contributed by atoms with Crippen LogP contribution in [0.2, 0.25) is 0 Å². The molecule has 0 bridgehead atoms. The first-order valence-corrected chi connectivity index (χ1v) is 7.43. The lowest BCUT2D eigenvalue weighted by Gasteiger charge is -2.03. The number of thioether (sulfide) groups is 1. The fourth-order valence-corrected chi connectivity index (χ4v) is 3.33. The van der Waals surface area contributed by atoms with Gasteiger partial charge in [0.1, 0.15) is 11.3 Å². The summed E-state index contributed by atoms with van der Waals surface area (Å²) >= 11 is 1.78. The van der Waals surface area contributed by atoms with Crippen molar-refractivity contribution in [3.8, 4) is 0 Å². The van der Waals surface area contributed by atoms with Crippen LogP contribution in [0.5, 0.6) is 0 Å². The lowest BCUT2D eigenvalue weighted by molar-refractivity contribution is 0.510. The Kier molecular flexibility index (Phi) is 2.83. The quantitative estimate of drug-likeness (QED) is 0.567. The van der Waals surface area contributed by atoms with E-state index in [-0.39, 0.29) is 0 Å². The zero-order chi connectivity index (χ0) is 12.7. The largest absolute Gasteiger partial charge is 0.460 e. The van der Waals surface area contributed by atoms with E-state index in [1.54, 1.807) is 11.8 Å². The van der Waals surface area contributed by atoms with Crippen molar-refractivity contribution in [2.75, 3.05) is 6.26 Å². The lowest BCUT2D eigenvalue weighted by atomic mass is 10.1. The van der Waals surface area contributed by atoms with Crippen LogP contribution in [0.15, 0.2) is 45.7 Å². The molecule has 0 spiro atoms. The van der Waals surface area contributed by atoms with Gasteiger partial charge in [-0.1, -0.05) is 44.2 Å². The summed E-state index contributed by atoms with van der Waals surface area (Å²) in [6, 6.07) is 12.7. The molecule has 0 radical (unpaired) electrons. The van der Waals surface area contributed by atoms with Crippen LogP contribution in [0.3, 0.4) is 0 Å². The molecule has 1 aromatic heterocycles. The van der Waals surface area contributed by atoms with Crippen molar-refractivity contribution in [2.45, 2.75) is 24.7 Å². The molecule has 0 saturated heterocycles. The van der Waals surface area contributed by atoms with Crippen molar-refractivity contribution in [1.29, 1.82) is 0 Å². The molecule has 92 valence electrons. The molecule has 0 aliphatic carbocycles. The van der Waals surface area contributed by atoms with Crippen molar-refractivity contribution in [3.05, 3.63) is 42.2 Å². The maximum Gasteiger partial charge on any atom is 0.136 e. The SMILES string of the molecule is CSc1c(C(C)C)oc2ccc3ccccc3c12. The maximum atomic E-state index is 6.04. The van der Waals surface area contributed by atoms with E-state index in [1.807, 2.05) is 0 Å². The van der Waals surface area contributed by atoms with Crippen molar-refractivity contribution < 1.29 is 4.42 Å². The van der Waals surface area contributed by atoms with Crippen LogP contribution in [0.25, 0.3) is 21.7 Å². The summed E-state index contributed by atoms with van der Waals surface area (Å²) in [6.45, 7) is 4.36. The normalized spacial score (nSPS) is 11.8. The number of rotatable bonds is 2. The zero-order valence-corrected chi connectivity index (χ0v) is 11.7. The molecular weight excluding hydrogens is 240 g/mol. The fraction of sp³-hybridized carbons (Fsp3) is 0.250. The molecule has 0 saturated carbocycles. The van der Waals surface area contributed by atoms with Gasteiger partial charge in [-0.3, -0.25) is 0 Å². The predicted octanol–water partition coefficient (Wildman–Crippen LogP) is 5.43. The predicted molar refractivity (Wildman–Crippen MR) is 79.6 cm³/mol. The van der Waals surface area contributed by atoms with Crippen molar-refractivity contribution >= 4 is 33.5 Å². The third-order valence-electron chi connectivity index (χ3n) is 3.29. The first-order chi connectivity index (χ1) is 8.72. The lowest BCUT2D eigenvalue weighted by Crippen LogP contribution is -1.85. The van der Waals surface area contributed by atoms with E-state index >= 15 is 0 Å². The Hall–Kier alpha value is -1.41.